The second-order valence-corrected chi connectivity index (χ2v) is 3.85. The average molecular weight is 197 g/mol. The first-order valence-corrected chi connectivity index (χ1v) is 5.22. The second kappa shape index (κ2) is 4.09. The van der Waals surface area contributed by atoms with Gasteiger partial charge in [0, 0.05) is 18.7 Å². The Kier molecular flexibility index (Phi) is 2.82. The maximum Gasteiger partial charge on any atom is 0.215 e. The summed E-state index contributed by atoms with van der Waals surface area (Å²) in [6.07, 6.45) is 4.26. The molecule has 1 aromatic rings. The molecule has 0 aromatic carbocycles. The van der Waals surface area contributed by atoms with Gasteiger partial charge in [0.15, 0.2) is 0 Å². The molecule has 0 saturated heterocycles. The molecule has 1 N–H and O–H groups in total. The van der Waals surface area contributed by atoms with Crippen molar-refractivity contribution in [3.63, 3.8) is 0 Å². The summed E-state index contributed by atoms with van der Waals surface area (Å²) in [5.74, 6) is 0.634. The molecular formula is C10H16FN3. The van der Waals surface area contributed by atoms with Crippen molar-refractivity contribution in [1.82, 2.24) is 15.1 Å². The monoisotopic (exact) mass is 197 g/mol. The molecule has 0 aliphatic heterocycles. The van der Waals surface area contributed by atoms with Crippen molar-refractivity contribution in [2.75, 3.05) is 6.54 Å². The molecule has 2 rings (SSSR count). The van der Waals surface area contributed by atoms with Gasteiger partial charge in [0.2, 0.25) is 5.95 Å². The van der Waals surface area contributed by atoms with Crippen molar-refractivity contribution in [2.45, 2.75) is 32.9 Å². The first-order chi connectivity index (χ1) is 6.81. The number of aryl methyl sites for hydroxylation is 1. The molecule has 14 heavy (non-hydrogen) atoms. The third kappa shape index (κ3) is 2.12. The van der Waals surface area contributed by atoms with Crippen molar-refractivity contribution in [3.05, 3.63) is 17.7 Å². The summed E-state index contributed by atoms with van der Waals surface area (Å²) in [7, 11) is 0. The summed E-state index contributed by atoms with van der Waals surface area (Å²) in [6.45, 7) is 4.09. The van der Waals surface area contributed by atoms with Crippen LogP contribution in [-0.2, 0) is 13.1 Å². The summed E-state index contributed by atoms with van der Waals surface area (Å²) in [4.78, 5) is 0. The van der Waals surface area contributed by atoms with E-state index in [2.05, 4.69) is 10.4 Å². The molecular weight excluding hydrogens is 181 g/mol. The summed E-state index contributed by atoms with van der Waals surface area (Å²) in [5, 5.41) is 7.20. The Morgan fingerprint density at radius 1 is 1.64 bits per heavy atom. The topological polar surface area (TPSA) is 29.9 Å². The highest BCUT2D eigenvalue weighted by Gasteiger charge is 2.20. The lowest BCUT2D eigenvalue weighted by atomic mass is 10.3. The van der Waals surface area contributed by atoms with Gasteiger partial charge in [-0.3, -0.25) is 0 Å². The van der Waals surface area contributed by atoms with Gasteiger partial charge < -0.3 is 5.32 Å². The number of rotatable bonds is 5. The summed E-state index contributed by atoms with van der Waals surface area (Å²) < 4.78 is 14.8. The molecule has 0 atom stereocenters. The van der Waals surface area contributed by atoms with Crippen LogP contribution in [0, 0.1) is 11.9 Å². The van der Waals surface area contributed by atoms with Crippen LogP contribution in [0.2, 0.25) is 0 Å². The highest BCUT2D eigenvalue weighted by Crippen LogP contribution is 2.27. The van der Waals surface area contributed by atoms with E-state index in [0.29, 0.717) is 18.7 Å². The lowest BCUT2D eigenvalue weighted by Gasteiger charge is -2.01. The van der Waals surface area contributed by atoms with E-state index in [1.807, 2.05) is 6.92 Å². The van der Waals surface area contributed by atoms with Gasteiger partial charge in [-0.2, -0.15) is 9.49 Å². The molecule has 1 aromatic heterocycles. The predicted octanol–water partition coefficient (Wildman–Crippen LogP) is 1.54. The van der Waals surface area contributed by atoms with Gasteiger partial charge in [-0.15, -0.1) is 0 Å². The molecule has 0 amide bonds. The van der Waals surface area contributed by atoms with Crippen molar-refractivity contribution in [1.29, 1.82) is 0 Å². The van der Waals surface area contributed by atoms with Crippen molar-refractivity contribution in [3.8, 4) is 0 Å². The maximum absolute atomic E-state index is 13.4. The molecule has 1 aliphatic rings. The number of aromatic nitrogens is 2. The fraction of sp³-hybridized carbons (Fsp3) is 0.700. The zero-order valence-electron chi connectivity index (χ0n) is 8.46. The molecule has 1 fully saturated rings. The molecule has 0 bridgehead atoms. The van der Waals surface area contributed by atoms with Gasteiger partial charge in [0.25, 0.3) is 0 Å². The fourth-order valence-electron chi connectivity index (χ4n) is 1.48. The Hall–Kier alpha value is -0.900. The molecule has 1 heterocycles. The van der Waals surface area contributed by atoms with Crippen LogP contribution < -0.4 is 5.32 Å². The first-order valence-electron chi connectivity index (χ1n) is 5.22. The van der Waals surface area contributed by atoms with Gasteiger partial charge >= 0.3 is 0 Å². The lowest BCUT2D eigenvalue weighted by Crippen LogP contribution is -2.16. The zero-order valence-corrected chi connectivity index (χ0v) is 8.46. The molecule has 3 nitrogen and oxygen atoms in total. The van der Waals surface area contributed by atoms with Gasteiger partial charge in [0.1, 0.15) is 0 Å². The predicted molar refractivity (Wildman–Crippen MR) is 52.3 cm³/mol. The number of nitrogens with zero attached hydrogens (tertiary/aromatic N) is 2. The van der Waals surface area contributed by atoms with Crippen molar-refractivity contribution < 1.29 is 4.39 Å². The minimum absolute atomic E-state index is 0.198. The Balaban J connectivity index is 1.84. The third-order valence-electron chi connectivity index (χ3n) is 2.59. The van der Waals surface area contributed by atoms with Gasteiger partial charge in [-0.1, -0.05) is 0 Å². The highest BCUT2D eigenvalue weighted by atomic mass is 19.1. The first kappa shape index (κ1) is 9.65. The van der Waals surface area contributed by atoms with Crippen LogP contribution in [0.4, 0.5) is 4.39 Å². The smallest absolute Gasteiger partial charge is 0.215 e. The quantitative estimate of drug-likeness (QED) is 0.776. The van der Waals surface area contributed by atoms with Crippen molar-refractivity contribution in [2.24, 2.45) is 5.92 Å². The SMILES string of the molecule is CCn1ncc(CNCC2CC2)c1F. The largest absolute Gasteiger partial charge is 0.312 e. The van der Waals surface area contributed by atoms with Crippen LogP contribution in [-0.4, -0.2) is 16.3 Å². The van der Waals surface area contributed by atoms with Crippen LogP contribution in [0.3, 0.4) is 0 Å². The average Bonchev–Trinajstić information content (AvgIpc) is 2.93. The highest BCUT2D eigenvalue weighted by molar-refractivity contribution is 5.06. The maximum atomic E-state index is 13.4. The Morgan fingerprint density at radius 2 is 2.43 bits per heavy atom. The van der Waals surface area contributed by atoms with E-state index in [9.17, 15) is 4.39 Å². The lowest BCUT2D eigenvalue weighted by molar-refractivity contribution is 0.460. The van der Waals surface area contributed by atoms with E-state index in [-0.39, 0.29) is 5.95 Å². The molecule has 1 saturated carbocycles. The summed E-state index contributed by atoms with van der Waals surface area (Å²) >= 11 is 0. The number of nitrogens with one attached hydrogen (secondary N) is 1. The normalized spacial score (nSPS) is 16.1. The van der Waals surface area contributed by atoms with Crippen LogP contribution in [0.15, 0.2) is 6.20 Å². The number of hydrogen-bond donors (Lipinski definition) is 1. The minimum Gasteiger partial charge on any atom is -0.312 e. The van der Waals surface area contributed by atoms with E-state index in [4.69, 9.17) is 0 Å². The van der Waals surface area contributed by atoms with Crippen molar-refractivity contribution >= 4 is 0 Å². The summed E-state index contributed by atoms with van der Waals surface area (Å²) in [5.41, 5.74) is 0.674. The van der Waals surface area contributed by atoms with Crippen LogP contribution in [0.1, 0.15) is 25.3 Å². The Labute approximate surface area is 83.3 Å². The third-order valence-corrected chi connectivity index (χ3v) is 2.59. The Morgan fingerprint density at radius 3 is 3.00 bits per heavy atom. The minimum atomic E-state index is -0.198. The van der Waals surface area contributed by atoms with Crippen LogP contribution in [0.25, 0.3) is 0 Å². The van der Waals surface area contributed by atoms with Gasteiger partial charge in [-0.05, 0) is 32.2 Å². The number of hydrogen-bond acceptors (Lipinski definition) is 2. The fourth-order valence-corrected chi connectivity index (χ4v) is 1.48. The second-order valence-electron chi connectivity index (χ2n) is 3.85. The van der Waals surface area contributed by atoms with E-state index in [0.717, 1.165) is 12.5 Å². The molecule has 78 valence electrons. The van der Waals surface area contributed by atoms with E-state index in [1.165, 1.54) is 17.5 Å². The van der Waals surface area contributed by atoms with E-state index < -0.39 is 0 Å². The molecule has 0 spiro atoms. The van der Waals surface area contributed by atoms with Crippen LogP contribution >= 0.6 is 0 Å². The van der Waals surface area contributed by atoms with Gasteiger partial charge in [0.05, 0.1) is 6.20 Å². The Bertz CT molecular complexity index is 304. The molecule has 0 radical (unpaired) electrons. The van der Waals surface area contributed by atoms with E-state index >= 15 is 0 Å². The molecule has 0 unspecified atom stereocenters. The standard InChI is InChI=1S/C10H16FN3/c1-2-14-10(11)9(7-13-14)6-12-5-8-3-4-8/h7-8,12H,2-6H2,1H3. The molecule has 4 heteroatoms. The summed E-state index contributed by atoms with van der Waals surface area (Å²) in [6, 6.07) is 0. The van der Waals surface area contributed by atoms with Crippen LogP contribution in [0.5, 0.6) is 0 Å². The van der Waals surface area contributed by atoms with Gasteiger partial charge in [-0.25, -0.2) is 4.68 Å². The zero-order chi connectivity index (χ0) is 9.97. The van der Waals surface area contributed by atoms with E-state index in [1.54, 1.807) is 6.20 Å². The number of halogens is 1. The molecule has 1 aliphatic carbocycles.